The zero-order chi connectivity index (χ0) is 24.6. The van der Waals surface area contributed by atoms with Crippen LogP contribution in [0.2, 0.25) is 0 Å². The summed E-state index contributed by atoms with van der Waals surface area (Å²) >= 11 is 0. The number of aromatic amines is 1. The molecular formula is C25H28F3N3O3. The van der Waals surface area contributed by atoms with Crippen LogP contribution in [0.4, 0.5) is 13.2 Å². The third-order valence-corrected chi connectivity index (χ3v) is 6.54. The molecule has 0 radical (unpaired) electrons. The van der Waals surface area contributed by atoms with Gasteiger partial charge in [0.05, 0.1) is 19.2 Å². The average molecular weight is 476 g/mol. The summed E-state index contributed by atoms with van der Waals surface area (Å²) < 4.78 is 45.1. The molecule has 3 aromatic rings. The number of hydrogen-bond acceptors (Lipinski definition) is 4. The second-order valence-electron chi connectivity index (χ2n) is 8.86. The summed E-state index contributed by atoms with van der Waals surface area (Å²) in [6.07, 6.45) is -2.42. The molecule has 1 aromatic heterocycles. The smallest absolute Gasteiger partial charge is 0.401 e. The van der Waals surface area contributed by atoms with Crippen LogP contribution in [0.1, 0.15) is 38.7 Å². The summed E-state index contributed by atoms with van der Waals surface area (Å²) in [4.78, 5) is 18.3. The number of aryl methyl sites for hydroxylation is 2. The zero-order valence-electron chi connectivity index (χ0n) is 19.4. The van der Waals surface area contributed by atoms with Gasteiger partial charge in [-0.1, -0.05) is 12.1 Å². The fourth-order valence-electron chi connectivity index (χ4n) is 4.90. The Labute approximate surface area is 195 Å². The molecule has 0 aliphatic carbocycles. The fourth-order valence-corrected chi connectivity index (χ4v) is 4.90. The number of carboxylic acid groups (broad SMARTS) is 1. The average Bonchev–Trinajstić information content (AvgIpc) is 3.25. The van der Waals surface area contributed by atoms with Gasteiger partial charge in [-0.05, 0) is 48.7 Å². The molecule has 1 aliphatic heterocycles. The number of aromatic nitrogens is 1. The van der Waals surface area contributed by atoms with Crippen molar-refractivity contribution in [3.05, 3.63) is 64.3 Å². The van der Waals surface area contributed by atoms with Crippen molar-refractivity contribution in [2.45, 2.75) is 32.6 Å². The minimum Gasteiger partial charge on any atom is -0.496 e. The maximum atomic E-state index is 13.2. The Morgan fingerprint density at radius 3 is 2.59 bits per heavy atom. The zero-order valence-corrected chi connectivity index (χ0v) is 19.4. The number of H-pyrrole nitrogens is 1. The Morgan fingerprint density at radius 1 is 1.18 bits per heavy atom. The van der Waals surface area contributed by atoms with E-state index in [1.54, 1.807) is 26.2 Å². The Kier molecular flexibility index (Phi) is 6.60. The van der Waals surface area contributed by atoms with Gasteiger partial charge in [-0.15, -0.1) is 0 Å². The monoisotopic (exact) mass is 475 g/mol. The summed E-state index contributed by atoms with van der Waals surface area (Å²) in [5.41, 5.74) is 4.59. The van der Waals surface area contributed by atoms with Crippen molar-refractivity contribution >= 4 is 16.9 Å². The molecule has 9 heteroatoms. The quantitative estimate of drug-likeness (QED) is 0.530. The number of benzene rings is 2. The highest BCUT2D eigenvalue weighted by molar-refractivity contribution is 5.89. The molecule has 34 heavy (non-hydrogen) atoms. The minimum atomic E-state index is -4.28. The van der Waals surface area contributed by atoms with Gasteiger partial charge in [0.2, 0.25) is 0 Å². The van der Waals surface area contributed by atoms with E-state index in [0.717, 1.165) is 33.3 Å². The van der Waals surface area contributed by atoms with E-state index in [1.165, 1.54) is 11.0 Å². The van der Waals surface area contributed by atoms with Crippen LogP contribution in [0.15, 0.2) is 36.5 Å². The number of carboxylic acids is 1. The third kappa shape index (κ3) is 4.90. The first-order valence-electron chi connectivity index (χ1n) is 11.1. The van der Waals surface area contributed by atoms with Gasteiger partial charge in [0.1, 0.15) is 5.75 Å². The summed E-state index contributed by atoms with van der Waals surface area (Å²) in [5, 5.41) is 10.4. The minimum absolute atomic E-state index is 0.187. The molecule has 1 unspecified atom stereocenters. The van der Waals surface area contributed by atoms with Crippen molar-refractivity contribution in [2.24, 2.45) is 0 Å². The lowest BCUT2D eigenvalue weighted by molar-refractivity contribution is -0.152. The number of hydrogen-bond donors (Lipinski definition) is 2. The third-order valence-electron chi connectivity index (χ3n) is 6.54. The van der Waals surface area contributed by atoms with Crippen LogP contribution >= 0.6 is 0 Å². The number of aromatic carboxylic acids is 1. The predicted octanol–water partition coefficient (Wildman–Crippen LogP) is 4.91. The molecule has 0 bridgehead atoms. The van der Waals surface area contributed by atoms with Gasteiger partial charge in [-0.25, -0.2) is 4.79 Å². The number of piperazine rings is 1. The fraction of sp³-hybridized carbons (Fsp3) is 0.400. The van der Waals surface area contributed by atoms with Gasteiger partial charge in [0, 0.05) is 54.9 Å². The van der Waals surface area contributed by atoms with E-state index in [4.69, 9.17) is 4.74 Å². The van der Waals surface area contributed by atoms with E-state index in [2.05, 4.69) is 9.88 Å². The van der Waals surface area contributed by atoms with Gasteiger partial charge in [0.25, 0.3) is 0 Å². The van der Waals surface area contributed by atoms with Crippen molar-refractivity contribution < 1.29 is 27.8 Å². The highest BCUT2D eigenvalue weighted by Crippen LogP contribution is 2.36. The molecule has 1 atom stereocenters. The first-order chi connectivity index (χ1) is 16.1. The summed E-state index contributed by atoms with van der Waals surface area (Å²) in [6, 6.07) is 8.64. The van der Waals surface area contributed by atoms with E-state index in [0.29, 0.717) is 18.7 Å². The van der Waals surface area contributed by atoms with Crippen LogP contribution in [0.5, 0.6) is 5.75 Å². The molecule has 2 N–H and O–H groups in total. The summed E-state index contributed by atoms with van der Waals surface area (Å²) in [7, 11) is 1.61. The number of nitrogens with one attached hydrogen (secondary N) is 1. The lowest BCUT2D eigenvalue weighted by Crippen LogP contribution is -2.50. The number of rotatable bonds is 6. The number of nitrogens with zero attached hydrogens (tertiary/aromatic N) is 2. The molecule has 1 saturated heterocycles. The van der Waals surface area contributed by atoms with Gasteiger partial charge in [-0.3, -0.25) is 9.80 Å². The number of fused-ring (bicyclic) bond motifs is 1. The van der Waals surface area contributed by atoms with Crippen LogP contribution in [-0.4, -0.2) is 65.3 Å². The lowest BCUT2D eigenvalue weighted by atomic mass is 9.96. The SMILES string of the molecule is COc1cc(C)c2[nH]ccc2c1CN1CCN(CC(F)(F)F)CC1c1ccc(C(=O)O)c(C)c1. The molecule has 0 spiro atoms. The molecule has 4 rings (SSSR count). The first kappa shape index (κ1) is 24.1. The highest BCUT2D eigenvalue weighted by Gasteiger charge is 2.36. The van der Waals surface area contributed by atoms with Crippen LogP contribution in [-0.2, 0) is 6.54 Å². The molecule has 1 aliphatic rings. The molecule has 6 nitrogen and oxygen atoms in total. The van der Waals surface area contributed by atoms with Crippen molar-refractivity contribution in [1.82, 2.24) is 14.8 Å². The number of ether oxygens (including phenoxy) is 1. The Hall–Kier alpha value is -3.04. The van der Waals surface area contributed by atoms with Gasteiger partial charge < -0.3 is 14.8 Å². The largest absolute Gasteiger partial charge is 0.496 e. The van der Waals surface area contributed by atoms with Crippen LogP contribution < -0.4 is 4.74 Å². The van der Waals surface area contributed by atoms with E-state index < -0.39 is 18.7 Å². The van der Waals surface area contributed by atoms with Crippen molar-refractivity contribution in [3.63, 3.8) is 0 Å². The Bertz CT molecular complexity index is 1210. The molecule has 2 aromatic carbocycles. The maximum Gasteiger partial charge on any atom is 0.401 e. The number of halogens is 3. The maximum absolute atomic E-state index is 13.2. The van der Waals surface area contributed by atoms with Gasteiger partial charge in [-0.2, -0.15) is 13.2 Å². The summed E-state index contributed by atoms with van der Waals surface area (Å²) in [6.45, 7) is 4.13. The molecule has 0 amide bonds. The van der Waals surface area contributed by atoms with Crippen molar-refractivity contribution in [2.75, 3.05) is 33.3 Å². The van der Waals surface area contributed by atoms with E-state index >= 15 is 0 Å². The molecule has 2 heterocycles. The highest BCUT2D eigenvalue weighted by atomic mass is 19.4. The van der Waals surface area contributed by atoms with E-state index in [-0.39, 0.29) is 24.7 Å². The topological polar surface area (TPSA) is 68.8 Å². The number of methoxy groups -OCH3 is 1. The second kappa shape index (κ2) is 9.31. The second-order valence-corrected chi connectivity index (χ2v) is 8.86. The normalized spacial score (nSPS) is 17.9. The van der Waals surface area contributed by atoms with Crippen LogP contribution in [0, 0.1) is 13.8 Å². The summed E-state index contributed by atoms with van der Waals surface area (Å²) in [5.74, 6) is -0.291. The van der Waals surface area contributed by atoms with Crippen molar-refractivity contribution in [3.8, 4) is 5.75 Å². The standard InChI is InChI=1S/C25H28F3N3O3/c1-15-10-17(4-5-18(15)24(32)33)21-13-30(14-25(26,27)28)8-9-31(21)12-20-19-6-7-29-23(19)16(2)11-22(20)34-3/h4-7,10-11,21,29H,8-9,12-14H2,1-3H3,(H,32,33). The molecule has 182 valence electrons. The Morgan fingerprint density at radius 2 is 1.94 bits per heavy atom. The number of carbonyl (C=O) groups is 1. The van der Waals surface area contributed by atoms with Crippen molar-refractivity contribution in [1.29, 1.82) is 0 Å². The van der Waals surface area contributed by atoms with Crippen LogP contribution in [0.25, 0.3) is 10.9 Å². The molecule has 0 saturated carbocycles. The van der Waals surface area contributed by atoms with E-state index in [9.17, 15) is 23.1 Å². The lowest BCUT2D eigenvalue weighted by Gasteiger charge is -2.42. The van der Waals surface area contributed by atoms with Crippen LogP contribution in [0.3, 0.4) is 0 Å². The Balaban J connectivity index is 1.72. The molecule has 1 fully saturated rings. The van der Waals surface area contributed by atoms with Gasteiger partial charge in [0.15, 0.2) is 0 Å². The number of alkyl halides is 3. The van der Waals surface area contributed by atoms with E-state index in [1.807, 2.05) is 25.3 Å². The predicted molar refractivity (Wildman–Crippen MR) is 123 cm³/mol. The van der Waals surface area contributed by atoms with Gasteiger partial charge >= 0.3 is 12.1 Å². The first-order valence-corrected chi connectivity index (χ1v) is 11.1. The molecular weight excluding hydrogens is 447 g/mol.